The number of nitrogens with zero attached hydrogens (tertiary/aromatic N) is 3. The van der Waals surface area contributed by atoms with Gasteiger partial charge < -0.3 is 10.3 Å². The molecule has 1 amide bonds. The van der Waals surface area contributed by atoms with Crippen LogP contribution < -0.4 is 5.73 Å². The summed E-state index contributed by atoms with van der Waals surface area (Å²) in [5.41, 5.74) is 6.57. The van der Waals surface area contributed by atoms with E-state index in [1.165, 1.54) is 5.56 Å². The van der Waals surface area contributed by atoms with E-state index in [0.717, 1.165) is 23.9 Å². The molecule has 0 bridgehead atoms. The van der Waals surface area contributed by atoms with E-state index in [1.54, 1.807) is 11.8 Å². The van der Waals surface area contributed by atoms with Crippen molar-refractivity contribution >= 4 is 17.7 Å². The monoisotopic (exact) mass is 346 g/mol. The van der Waals surface area contributed by atoms with Crippen molar-refractivity contribution in [3.05, 3.63) is 41.7 Å². The summed E-state index contributed by atoms with van der Waals surface area (Å²) in [7, 11) is 0. The van der Waals surface area contributed by atoms with Crippen molar-refractivity contribution in [2.24, 2.45) is 11.7 Å². The lowest BCUT2D eigenvalue weighted by atomic mass is 10.1. The second-order valence-corrected chi connectivity index (χ2v) is 7.46. The van der Waals surface area contributed by atoms with E-state index in [4.69, 9.17) is 5.73 Å². The number of primary amides is 1. The zero-order valence-electron chi connectivity index (χ0n) is 14.6. The average molecular weight is 346 g/mol. The Hall–Kier alpha value is -1.82. The Morgan fingerprint density at radius 2 is 1.96 bits per heavy atom. The van der Waals surface area contributed by atoms with Gasteiger partial charge in [-0.1, -0.05) is 62.9 Å². The number of hydrogen-bond donors (Lipinski definition) is 1. The summed E-state index contributed by atoms with van der Waals surface area (Å²) in [5, 5.41) is 9.94. The quantitative estimate of drug-likeness (QED) is 0.704. The third-order valence-electron chi connectivity index (χ3n) is 3.73. The maximum atomic E-state index is 11.1. The number of carbonyl (C=O) groups excluding carboxylic acids is 1. The van der Waals surface area contributed by atoms with Crippen LogP contribution in [0.4, 0.5) is 0 Å². The Balaban J connectivity index is 2.23. The van der Waals surface area contributed by atoms with Gasteiger partial charge in [-0.15, -0.1) is 10.2 Å². The number of aromatic nitrogens is 3. The third-order valence-corrected chi connectivity index (χ3v) is 5.13. The second kappa shape index (κ2) is 8.87. The van der Waals surface area contributed by atoms with Crippen LogP contribution >= 0.6 is 11.8 Å². The first-order valence-corrected chi connectivity index (χ1v) is 9.31. The minimum atomic E-state index is -0.306. The van der Waals surface area contributed by atoms with Gasteiger partial charge in [0, 0.05) is 24.6 Å². The van der Waals surface area contributed by atoms with Crippen molar-refractivity contribution < 1.29 is 4.79 Å². The Kier molecular flexibility index (Phi) is 6.85. The molecule has 2 rings (SSSR count). The number of nitrogens with two attached hydrogens (primary N) is 1. The molecular weight excluding hydrogens is 320 g/mol. The number of carbonyl (C=O) groups is 1. The molecule has 5 nitrogen and oxygen atoms in total. The number of thioether (sulfide) groups is 1. The third kappa shape index (κ3) is 5.09. The topological polar surface area (TPSA) is 73.8 Å². The molecule has 1 atom stereocenters. The highest BCUT2D eigenvalue weighted by Crippen LogP contribution is 2.37. The Labute approximate surface area is 148 Å². The van der Waals surface area contributed by atoms with Gasteiger partial charge in [-0.3, -0.25) is 4.79 Å². The highest BCUT2D eigenvalue weighted by Gasteiger charge is 2.19. The molecule has 2 aromatic rings. The minimum absolute atomic E-state index is 0.302. The fraction of sp³-hybridized carbons (Fsp3) is 0.500. The van der Waals surface area contributed by atoms with E-state index >= 15 is 0 Å². The molecular formula is C18H26N4OS. The number of rotatable bonds is 9. The van der Waals surface area contributed by atoms with Crippen LogP contribution in [-0.2, 0) is 17.8 Å². The van der Waals surface area contributed by atoms with Crippen molar-refractivity contribution in [2.45, 2.75) is 57.0 Å². The SMILES string of the molecule is CCC(Sc1nnc(CCC(N)=O)n1CC(C)C)c1ccccc1. The smallest absolute Gasteiger partial charge is 0.217 e. The standard InChI is InChI=1S/C18H26N4OS/c1-4-15(14-8-6-5-7-9-14)24-18-21-20-17(11-10-16(19)23)22(18)12-13(2)3/h5-9,13,15H,4,10-12H2,1-3H3,(H2,19,23). The van der Waals surface area contributed by atoms with Crippen molar-refractivity contribution in [1.82, 2.24) is 14.8 Å². The van der Waals surface area contributed by atoms with Crippen molar-refractivity contribution in [3.8, 4) is 0 Å². The first-order valence-electron chi connectivity index (χ1n) is 8.43. The van der Waals surface area contributed by atoms with Crippen molar-refractivity contribution in [3.63, 3.8) is 0 Å². The fourth-order valence-electron chi connectivity index (χ4n) is 2.56. The van der Waals surface area contributed by atoms with Crippen LogP contribution in [0.2, 0.25) is 0 Å². The number of aryl methyl sites for hydroxylation is 1. The van der Waals surface area contributed by atoms with Gasteiger partial charge in [0.1, 0.15) is 5.82 Å². The van der Waals surface area contributed by atoms with Crippen molar-refractivity contribution in [2.75, 3.05) is 0 Å². The van der Waals surface area contributed by atoms with Crippen LogP contribution in [0, 0.1) is 5.92 Å². The van der Waals surface area contributed by atoms with Gasteiger partial charge in [0.05, 0.1) is 0 Å². The van der Waals surface area contributed by atoms with Gasteiger partial charge in [0.15, 0.2) is 5.16 Å². The lowest BCUT2D eigenvalue weighted by Gasteiger charge is -2.17. The number of benzene rings is 1. The summed E-state index contributed by atoms with van der Waals surface area (Å²) >= 11 is 1.74. The lowest BCUT2D eigenvalue weighted by molar-refractivity contribution is -0.118. The molecule has 0 spiro atoms. The van der Waals surface area contributed by atoms with E-state index < -0.39 is 0 Å². The van der Waals surface area contributed by atoms with Gasteiger partial charge >= 0.3 is 0 Å². The normalized spacial score (nSPS) is 12.5. The zero-order valence-corrected chi connectivity index (χ0v) is 15.4. The summed E-state index contributed by atoms with van der Waals surface area (Å²) in [5.74, 6) is 1.01. The molecule has 0 fully saturated rings. The lowest BCUT2D eigenvalue weighted by Crippen LogP contribution is -2.15. The summed E-state index contributed by atoms with van der Waals surface area (Å²) in [6.45, 7) is 7.36. The molecule has 130 valence electrons. The molecule has 1 aromatic heterocycles. The largest absolute Gasteiger partial charge is 0.370 e. The second-order valence-electron chi connectivity index (χ2n) is 6.29. The molecule has 6 heteroatoms. The van der Waals surface area contributed by atoms with Crippen LogP contribution in [-0.4, -0.2) is 20.7 Å². The maximum Gasteiger partial charge on any atom is 0.217 e. The van der Waals surface area contributed by atoms with Gasteiger partial charge in [0.2, 0.25) is 5.91 Å². The van der Waals surface area contributed by atoms with E-state index in [0.29, 0.717) is 24.0 Å². The molecule has 0 saturated heterocycles. The molecule has 1 heterocycles. The van der Waals surface area contributed by atoms with E-state index in [9.17, 15) is 4.79 Å². The average Bonchev–Trinajstić information content (AvgIpc) is 2.92. The molecule has 0 aliphatic heterocycles. The summed E-state index contributed by atoms with van der Waals surface area (Å²) in [4.78, 5) is 11.1. The first-order chi connectivity index (χ1) is 11.5. The van der Waals surface area contributed by atoms with Crippen molar-refractivity contribution in [1.29, 1.82) is 0 Å². The van der Waals surface area contributed by atoms with Gasteiger partial charge in [-0.25, -0.2) is 0 Å². The summed E-state index contributed by atoms with van der Waals surface area (Å²) in [6, 6.07) is 10.5. The van der Waals surface area contributed by atoms with Crippen LogP contribution in [0.15, 0.2) is 35.5 Å². The Morgan fingerprint density at radius 3 is 2.54 bits per heavy atom. The van der Waals surface area contributed by atoms with Crippen LogP contribution in [0.25, 0.3) is 0 Å². The van der Waals surface area contributed by atoms with Crippen LogP contribution in [0.3, 0.4) is 0 Å². The van der Waals surface area contributed by atoms with Crippen LogP contribution in [0.5, 0.6) is 0 Å². The molecule has 1 aromatic carbocycles. The minimum Gasteiger partial charge on any atom is -0.370 e. The van der Waals surface area contributed by atoms with E-state index in [2.05, 4.69) is 59.8 Å². The maximum absolute atomic E-state index is 11.1. The van der Waals surface area contributed by atoms with E-state index in [-0.39, 0.29) is 5.91 Å². The fourth-order valence-corrected chi connectivity index (χ4v) is 3.67. The molecule has 0 saturated carbocycles. The van der Waals surface area contributed by atoms with Crippen LogP contribution in [0.1, 0.15) is 50.3 Å². The molecule has 1 unspecified atom stereocenters. The Morgan fingerprint density at radius 1 is 1.25 bits per heavy atom. The Bertz CT molecular complexity index is 654. The first kappa shape index (κ1) is 18.5. The van der Waals surface area contributed by atoms with Gasteiger partial charge in [-0.2, -0.15) is 0 Å². The number of amides is 1. The summed E-state index contributed by atoms with van der Waals surface area (Å²) in [6.07, 6.45) is 1.86. The summed E-state index contributed by atoms with van der Waals surface area (Å²) < 4.78 is 2.14. The number of hydrogen-bond acceptors (Lipinski definition) is 4. The van der Waals surface area contributed by atoms with E-state index in [1.807, 2.05) is 6.07 Å². The zero-order chi connectivity index (χ0) is 17.5. The molecule has 2 N–H and O–H groups in total. The molecule has 0 aliphatic carbocycles. The van der Waals surface area contributed by atoms with Gasteiger partial charge in [-0.05, 0) is 17.9 Å². The molecule has 24 heavy (non-hydrogen) atoms. The molecule has 0 radical (unpaired) electrons. The highest BCUT2D eigenvalue weighted by molar-refractivity contribution is 7.99. The van der Waals surface area contributed by atoms with Gasteiger partial charge in [0.25, 0.3) is 0 Å². The predicted octanol–water partition coefficient (Wildman–Crippen LogP) is 3.60. The predicted molar refractivity (Wildman–Crippen MR) is 97.7 cm³/mol. The highest BCUT2D eigenvalue weighted by atomic mass is 32.2. The molecule has 0 aliphatic rings.